The Morgan fingerprint density at radius 1 is 1.35 bits per heavy atom. The third-order valence-electron chi connectivity index (χ3n) is 3.68. The highest BCUT2D eigenvalue weighted by Crippen LogP contribution is 2.30. The molecular formula is C17H16N4O4S. The van der Waals surface area contributed by atoms with Crippen LogP contribution in [0.1, 0.15) is 6.92 Å². The lowest BCUT2D eigenvalue weighted by Gasteiger charge is -2.13. The molecule has 0 bridgehead atoms. The molecule has 0 saturated heterocycles. The van der Waals surface area contributed by atoms with Crippen LogP contribution in [0.5, 0.6) is 5.75 Å². The van der Waals surface area contributed by atoms with Crippen molar-refractivity contribution < 1.29 is 14.5 Å². The van der Waals surface area contributed by atoms with Crippen LogP contribution in [0.15, 0.2) is 47.6 Å². The molecule has 0 aliphatic carbocycles. The molecule has 0 aliphatic rings. The van der Waals surface area contributed by atoms with Gasteiger partial charge in [-0.2, -0.15) is 0 Å². The summed E-state index contributed by atoms with van der Waals surface area (Å²) >= 11 is 1.29. The van der Waals surface area contributed by atoms with Crippen LogP contribution in [-0.2, 0) is 4.79 Å². The number of rotatable bonds is 6. The summed E-state index contributed by atoms with van der Waals surface area (Å²) in [5.41, 5.74) is 2.00. The number of methoxy groups -OCH3 is 1. The van der Waals surface area contributed by atoms with Gasteiger partial charge in [0.15, 0.2) is 5.16 Å². The minimum atomic E-state index is -0.520. The summed E-state index contributed by atoms with van der Waals surface area (Å²) in [6.07, 6.45) is 0. The summed E-state index contributed by atoms with van der Waals surface area (Å²) in [5.74, 6) is -0.0314. The van der Waals surface area contributed by atoms with Gasteiger partial charge in [-0.1, -0.05) is 23.9 Å². The topological polar surface area (TPSA) is 110 Å². The number of fused-ring (bicyclic) bond motifs is 1. The highest BCUT2D eigenvalue weighted by atomic mass is 32.2. The normalized spacial score (nSPS) is 11.9. The molecule has 1 atom stereocenters. The number of ether oxygens (including phenoxy) is 1. The lowest BCUT2D eigenvalue weighted by Crippen LogP contribution is -2.22. The Bertz CT molecular complexity index is 939. The number of aromatic nitrogens is 2. The Morgan fingerprint density at radius 3 is 2.81 bits per heavy atom. The number of para-hydroxylation sites is 2. The number of carbonyl (C=O) groups excluding carboxylic acids is 1. The van der Waals surface area contributed by atoms with Gasteiger partial charge in [-0.05, 0) is 25.1 Å². The molecule has 134 valence electrons. The third kappa shape index (κ3) is 3.77. The smallest absolute Gasteiger partial charge is 0.273 e. The number of carbonyl (C=O) groups is 1. The number of nitro benzene ring substituents is 1. The highest BCUT2D eigenvalue weighted by molar-refractivity contribution is 8.00. The van der Waals surface area contributed by atoms with Crippen LogP contribution in [0.4, 0.5) is 11.4 Å². The van der Waals surface area contributed by atoms with Crippen LogP contribution in [-0.4, -0.2) is 33.2 Å². The first kappa shape index (κ1) is 17.7. The number of thioether (sulfide) groups is 1. The molecule has 0 fully saturated rings. The van der Waals surface area contributed by atoms with Crippen molar-refractivity contribution in [3.8, 4) is 5.75 Å². The molecular weight excluding hydrogens is 356 g/mol. The lowest BCUT2D eigenvalue weighted by atomic mass is 10.2. The molecule has 0 aliphatic heterocycles. The van der Waals surface area contributed by atoms with E-state index in [1.165, 1.54) is 37.1 Å². The van der Waals surface area contributed by atoms with E-state index in [1.807, 2.05) is 24.3 Å². The zero-order chi connectivity index (χ0) is 18.7. The second-order valence-electron chi connectivity index (χ2n) is 5.45. The van der Waals surface area contributed by atoms with Gasteiger partial charge in [0.25, 0.3) is 5.69 Å². The number of hydrogen-bond acceptors (Lipinski definition) is 6. The molecule has 0 radical (unpaired) electrons. The maximum atomic E-state index is 12.5. The first-order valence-electron chi connectivity index (χ1n) is 7.72. The average molecular weight is 372 g/mol. The monoisotopic (exact) mass is 372 g/mol. The largest absolute Gasteiger partial charge is 0.494 e. The Hall–Kier alpha value is -3.07. The van der Waals surface area contributed by atoms with Gasteiger partial charge in [0, 0.05) is 6.07 Å². The van der Waals surface area contributed by atoms with Gasteiger partial charge in [0.1, 0.15) is 5.75 Å². The second-order valence-corrected chi connectivity index (χ2v) is 6.78. The predicted molar refractivity (Wildman–Crippen MR) is 99.7 cm³/mol. The van der Waals surface area contributed by atoms with Crippen molar-refractivity contribution in [3.63, 3.8) is 0 Å². The summed E-state index contributed by atoms with van der Waals surface area (Å²) in [7, 11) is 1.39. The van der Waals surface area contributed by atoms with E-state index in [0.717, 1.165) is 11.0 Å². The number of nitrogens with zero attached hydrogens (tertiary/aromatic N) is 2. The fourth-order valence-electron chi connectivity index (χ4n) is 2.34. The zero-order valence-electron chi connectivity index (χ0n) is 14.1. The lowest BCUT2D eigenvalue weighted by molar-refractivity contribution is -0.384. The third-order valence-corrected chi connectivity index (χ3v) is 4.66. The van der Waals surface area contributed by atoms with Crippen LogP contribution in [0.25, 0.3) is 11.0 Å². The standard InChI is InChI=1S/C17H16N4O4S/c1-10(26-17-19-12-5-3-4-6-13(12)20-17)16(22)18-14-8-7-11(21(23)24)9-15(14)25-2/h3-10H,1-2H3,(H,18,22)(H,19,20)/t10-/m0/s1. The first-order chi connectivity index (χ1) is 12.5. The van der Waals surface area contributed by atoms with Crippen LogP contribution in [0, 0.1) is 10.1 Å². The molecule has 1 amide bonds. The molecule has 1 heterocycles. The Labute approximate surface area is 153 Å². The summed E-state index contributed by atoms with van der Waals surface area (Å²) in [6, 6.07) is 11.6. The quantitative estimate of drug-likeness (QED) is 0.389. The fraction of sp³-hybridized carbons (Fsp3) is 0.176. The minimum Gasteiger partial charge on any atom is -0.494 e. The van der Waals surface area contributed by atoms with Crippen LogP contribution < -0.4 is 10.1 Å². The summed E-state index contributed by atoms with van der Waals surface area (Å²) in [5, 5.41) is 13.8. The fourth-order valence-corrected chi connectivity index (χ4v) is 3.16. The Morgan fingerprint density at radius 2 is 2.12 bits per heavy atom. The van der Waals surface area contributed by atoms with Crippen molar-refractivity contribution in [3.05, 3.63) is 52.6 Å². The number of non-ortho nitro benzene ring substituents is 1. The summed E-state index contributed by atoms with van der Waals surface area (Å²) in [4.78, 5) is 30.4. The molecule has 8 nitrogen and oxygen atoms in total. The number of nitrogens with one attached hydrogen (secondary N) is 2. The number of hydrogen-bond donors (Lipinski definition) is 2. The van der Waals surface area contributed by atoms with Gasteiger partial charge in [0.2, 0.25) is 5.91 Å². The van der Waals surface area contributed by atoms with Gasteiger partial charge >= 0.3 is 0 Å². The highest BCUT2D eigenvalue weighted by Gasteiger charge is 2.19. The number of imidazole rings is 1. The molecule has 2 aromatic carbocycles. The van der Waals surface area contributed by atoms with E-state index in [0.29, 0.717) is 10.8 Å². The van der Waals surface area contributed by atoms with Crippen LogP contribution >= 0.6 is 11.8 Å². The predicted octanol–water partition coefficient (Wildman–Crippen LogP) is 3.60. The number of nitro groups is 1. The van der Waals surface area contributed by atoms with Gasteiger partial charge in [0.05, 0.1) is 40.1 Å². The van der Waals surface area contributed by atoms with Crippen LogP contribution in [0.3, 0.4) is 0 Å². The zero-order valence-corrected chi connectivity index (χ0v) is 14.9. The summed E-state index contributed by atoms with van der Waals surface area (Å²) in [6.45, 7) is 1.76. The number of benzene rings is 2. The molecule has 3 aromatic rings. The van der Waals surface area contributed by atoms with E-state index in [1.54, 1.807) is 6.92 Å². The number of amides is 1. The van der Waals surface area contributed by atoms with E-state index in [9.17, 15) is 14.9 Å². The van der Waals surface area contributed by atoms with Gasteiger partial charge < -0.3 is 15.0 Å². The van der Waals surface area contributed by atoms with Crippen molar-refractivity contribution in [2.45, 2.75) is 17.3 Å². The number of anilines is 1. The van der Waals surface area contributed by atoms with Crippen molar-refractivity contribution >= 4 is 40.1 Å². The van der Waals surface area contributed by atoms with E-state index in [4.69, 9.17) is 4.74 Å². The van der Waals surface area contributed by atoms with E-state index < -0.39 is 10.2 Å². The molecule has 1 aromatic heterocycles. The maximum absolute atomic E-state index is 12.5. The van der Waals surface area contributed by atoms with E-state index >= 15 is 0 Å². The van der Waals surface area contributed by atoms with Crippen molar-refractivity contribution in [2.24, 2.45) is 0 Å². The molecule has 9 heteroatoms. The Kier molecular flexibility index (Phi) is 5.08. The molecule has 0 spiro atoms. The molecule has 0 unspecified atom stereocenters. The van der Waals surface area contributed by atoms with Crippen molar-refractivity contribution in [1.82, 2.24) is 9.97 Å². The SMILES string of the molecule is COc1cc([N+](=O)[O-])ccc1NC(=O)[C@H](C)Sc1nc2ccccc2[nH]1. The average Bonchev–Trinajstić information content (AvgIpc) is 3.03. The number of H-pyrrole nitrogens is 1. The molecule has 0 saturated carbocycles. The van der Waals surface area contributed by atoms with Crippen LogP contribution in [0.2, 0.25) is 0 Å². The van der Waals surface area contributed by atoms with Gasteiger partial charge in [-0.25, -0.2) is 4.98 Å². The Balaban J connectivity index is 1.71. The summed E-state index contributed by atoms with van der Waals surface area (Å²) < 4.78 is 5.13. The molecule has 26 heavy (non-hydrogen) atoms. The molecule has 2 N–H and O–H groups in total. The van der Waals surface area contributed by atoms with Gasteiger partial charge in [-0.15, -0.1) is 0 Å². The maximum Gasteiger partial charge on any atom is 0.273 e. The van der Waals surface area contributed by atoms with E-state index in [2.05, 4.69) is 15.3 Å². The number of aromatic amines is 1. The van der Waals surface area contributed by atoms with E-state index in [-0.39, 0.29) is 17.3 Å². The first-order valence-corrected chi connectivity index (χ1v) is 8.60. The minimum absolute atomic E-state index is 0.107. The van der Waals surface area contributed by atoms with Crippen molar-refractivity contribution in [1.29, 1.82) is 0 Å². The molecule has 3 rings (SSSR count). The van der Waals surface area contributed by atoms with Gasteiger partial charge in [-0.3, -0.25) is 14.9 Å². The van der Waals surface area contributed by atoms with Crippen molar-refractivity contribution in [2.75, 3.05) is 12.4 Å². The second kappa shape index (κ2) is 7.44.